The summed E-state index contributed by atoms with van der Waals surface area (Å²) in [6.07, 6.45) is 2.79. The van der Waals surface area contributed by atoms with Gasteiger partial charge in [-0.15, -0.1) is 0 Å². The summed E-state index contributed by atoms with van der Waals surface area (Å²) in [6, 6.07) is 3.67. The molecular formula is C15H22N4O2S. The molecule has 0 aliphatic carbocycles. The summed E-state index contributed by atoms with van der Waals surface area (Å²) in [7, 11) is 5.73. The molecular weight excluding hydrogens is 300 g/mol. The summed E-state index contributed by atoms with van der Waals surface area (Å²) in [4.78, 5) is 32.3. The van der Waals surface area contributed by atoms with E-state index in [4.69, 9.17) is 0 Å². The minimum Gasteiger partial charge on any atom is -0.356 e. The van der Waals surface area contributed by atoms with Crippen LogP contribution in [0.1, 0.15) is 12.8 Å². The Balaban J connectivity index is 1.88. The highest BCUT2D eigenvalue weighted by atomic mass is 32.2. The third kappa shape index (κ3) is 4.20. The van der Waals surface area contributed by atoms with E-state index < -0.39 is 5.25 Å². The number of hydrogen-bond acceptors (Lipinski definition) is 5. The van der Waals surface area contributed by atoms with Crippen LogP contribution in [0.25, 0.3) is 0 Å². The monoisotopic (exact) mass is 322 g/mol. The van der Waals surface area contributed by atoms with Crippen LogP contribution in [0.4, 0.5) is 5.69 Å². The molecule has 2 heterocycles. The molecule has 0 saturated heterocycles. The third-order valence-electron chi connectivity index (χ3n) is 3.45. The average Bonchev–Trinajstić information content (AvgIpc) is 2.49. The van der Waals surface area contributed by atoms with Crippen LogP contribution < -0.4 is 10.2 Å². The lowest BCUT2D eigenvalue weighted by molar-refractivity contribution is -0.124. The molecule has 2 rings (SSSR count). The molecule has 7 heteroatoms. The lowest BCUT2D eigenvalue weighted by Crippen LogP contribution is -2.41. The maximum Gasteiger partial charge on any atom is 0.240 e. The summed E-state index contributed by atoms with van der Waals surface area (Å²) < 4.78 is 0. The first kappa shape index (κ1) is 16.8. The quantitative estimate of drug-likeness (QED) is 0.791. The summed E-state index contributed by atoms with van der Waals surface area (Å²) in [6.45, 7) is 1.56. The van der Waals surface area contributed by atoms with Crippen molar-refractivity contribution in [2.24, 2.45) is 0 Å². The Morgan fingerprint density at radius 3 is 3.00 bits per heavy atom. The first-order valence-electron chi connectivity index (χ1n) is 7.29. The number of hydrogen-bond donors (Lipinski definition) is 1. The van der Waals surface area contributed by atoms with E-state index in [1.54, 1.807) is 24.2 Å². The predicted molar refractivity (Wildman–Crippen MR) is 88.1 cm³/mol. The van der Waals surface area contributed by atoms with E-state index in [0.717, 1.165) is 23.7 Å². The Bertz CT molecular complexity index is 550. The highest BCUT2D eigenvalue weighted by Gasteiger charge is 2.33. The fourth-order valence-corrected chi connectivity index (χ4v) is 3.45. The molecule has 22 heavy (non-hydrogen) atoms. The van der Waals surface area contributed by atoms with Gasteiger partial charge in [-0.2, -0.15) is 0 Å². The van der Waals surface area contributed by atoms with Gasteiger partial charge in [-0.25, -0.2) is 4.98 Å². The Hall–Kier alpha value is -1.60. The van der Waals surface area contributed by atoms with Gasteiger partial charge in [0.2, 0.25) is 11.8 Å². The second kappa shape index (κ2) is 7.60. The van der Waals surface area contributed by atoms with Crippen molar-refractivity contribution in [2.45, 2.75) is 23.1 Å². The zero-order chi connectivity index (χ0) is 16.1. The fourth-order valence-electron chi connectivity index (χ4n) is 2.24. The van der Waals surface area contributed by atoms with E-state index in [2.05, 4.69) is 15.2 Å². The van der Waals surface area contributed by atoms with Crippen LogP contribution in [0.5, 0.6) is 0 Å². The van der Waals surface area contributed by atoms with Gasteiger partial charge in [0.05, 0.1) is 10.9 Å². The number of thioether (sulfide) groups is 1. The van der Waals surface area contributed by atoms with Gasteiger partial charge < -0.3 is 15.1 Å². The number of nitrogens with zero attached hydrogens (tertiary/aromatic N) is 3. The summed E-state index contributed by atoms with van der Waals surface area (Å²) in [5, 5.41) is 3.27. The summed E-state index contributed by atoms with van der Waals surface area (Å²) in [5.74, 6) is -0.133. The van der Waals surface area contributed by atoms with Crippen molar-refractivity contribution < 1.29 is 9.59 Å². The van der Waals surface area contributed by atoms with E-state index in [1.165, 1.54) is 11.8 Å². The van der Waals surface area contributed by atoms with Crippen molar-refractivity contribution in [3.8, 4) is 0 Å². The van der Waals surface area contributed by atoms with Crippen LogP contribution in [0.3, 0.4) is 0 Å². The van der Waals surface area contributed by atoms with Crippen molar-refractivity contribution in [3.63, 3.8) is 0 Å². The van der Waals surface area contributed by atoms with E-state index in [1.807, 2.05) is 20.2 Å². The van der Waals surface area contributed by atoms with Gasteiger partial charge in [-0.05, 0) is 39.2 Å². The Morgan fingerprint density at radius 1 is 1.50 bits per heavy atom. The molecule has 0 unspecified atom stereocenters. The van der Waals surface area contributed by atoms with Gasteiger partial charge in [0.1, 0.15) is 5.03 Å². The van der Waals surface area contributed by atoms with E-state index in [-0.39, 0.29) is 18.2 Å². The number of anilines is 1. The third-order valence-corrected chi connectivity index (χ3v) is 4.64. The molecule has 1 aromatic heterocycles. The Kier molecular flexibility index (Phi) is 5.79. The van der Waals surface area contributed by atoms with Gasteiger partial charge in [0, 0.05) is 26.2 Å². The van der Waals surface area contributed by atoms with Crippen LogP contribution in [-0.2, 0) is 9.59 Å². The lowest BCUT2D eigenvalue weighted by atomic mass is 10.2. The maximum atomic E-state index is 12.3. The molecule has 0 saturated carbocycles. The Labute approximate surface area is 135 Å². The number of carbonyl (C=O) groups is 2. The van der Waals surface area contributed by atoms with Gasteiger partial charge in [0.25, 0.3) is 0 Å². The molecule has 0 aromatic carbocycles. The van der Waals surface area contributed by atoms with Crippen molar-refractivity contribution >= 4 is 29.3 Å². The molecule has 1 atom stereocenters. The van der Waals surface area contributed by atoms with Crippen LogP contribution in [0, 0.1) is 0 Å². The Morgan fingerprint density at radius 2 is 2.27 bits per heavy atom. The first-order valence-corrected chi connectivity index (χ1v) is 8.17. The number of pyridine rings is 1. The van der Waals surface area contributed by atoms with Crippen LogP contribution >= 0.6 is 11.8 Å². The minimum atomic E-state index is -0.402. The van der Waals surface area contributed by atoms with E-state index >= 15 is 0 Å². The largest absolute Gasteiger partial charge is 0.356 e. The topological polar surface area (TPSA) is 65.5 Å². The number of amides is 2. The SMILES string of the molecule is CN(C)CCCNC(=O)C[C@H]1Sc2ncccc2N(C)C1=O. The minimum absolute atomic E-state index is 0.0473. The van der Waals surface area contributed by atoms with Gasteiger partial charge in [-0.1, -0.05) is 11.8 Å². The van der Waals surface area contributed by atoms with E-state index in [0.29, 0.717) is 6.54 Å². The number of nitrogens with one attached hydrogen (secondary N) is 1. The van der Waals surface area contributed by atoms with Crippen molar-refractivity contribution in [1.29, 1.82) is 0 Å². The molecule has 1 N–H and O–H groups in total. The molecule has 0 radical (unpaired) electrons. The molecule has 120 valence electrons. The lowest BCUT2D eigenvalue weighted by Gasteiger charge is -2.29. The number of aromatic nitrogens is 1. The van der Waals surface area contributed by atoms with Gasteiger partial charge in [-0.3, -0.25) is 9.59 Å². The predicted octanol–water partition coefficient (Wildman–Crippen LogP) is 0.977. The molecule has 0 fully saturated rings. The highest BCUT2D eigenvalue weighted by Crippen LogP contribution is 2.37. The molecule has 1 aliphatic heterocycles. The maximum absolute atomic E-state index is 12.3. The summed E-state index contributed by atoms with van der Waals surface area (Å²) >= 11 is 1.37. The van der Waals surface area contributed by atoms with Crippen molar-refractivity contribution in [3.05, 3.63) is 18.3 Å². The summed E-state index contributed by atoms with van der Waals surface area (Å²) in [5.41, 5.74) is 0.806. The van der Waals surface area contributed by atoms with Crippen LogP contribution in [-0.4, -0.2) is 61.2 Å². The molecule has 1 aromatic rings. The second-order valence-corrected chi connectivity index (χ2v) is 6.73. The molecule has 6 nitrogen and oxygen atoms in total. The molecule has 1 aliphatic rings. The second-order valence-electron chi connectivity index (χ2n) is 5.54. The van der Waals surface area contributed by atoms with Crippen molar-refractivity contribution in [2.75, 3.05) is 39.1 Å². The van der Waals surface area contributed by atoms with E-state index in [9.17, 15) is 9.59 Å². The number of rotatable bonds is 6. The zero-order valence-electron chi connectivity index (χ0n) is 13.2. The standard InChI is InChI=1S/C15H22N4O2S/c1-18(2)9-5-8-16-13(20)10-12-15(21)19(3)11-6-4-7-17-14(11)22-12/h4,6-7,12H,5,8-10H2,1-3H3,(H,16,20)/t12-/m1/s1. The highest BCUT2D eigenvalue weighted by molar-refractivity contribution is 8.00. The average molecular weight is 322 g/mol. The van der Waals surface area contributed by atoms with Crippen LogP contribution in [0.2, 0.25) is 0 Å². The van der Waals surface area contributed by atoms with Crippen LogP contribution in [0.15, 0.2) is 23.4 Å². The first-order chi connectivity index (χ1) is 10.5. The van der Waals surface area contributed by atoms with Crippen molar-refractivity contribution in [1.82, 2.24) is 15.2 Å². The number of fused-ring (bicyclic) bond motifs is 1. The smallest absolute Gasteiger partial charge is 0.240 e. The fraction of sp³-hybridized carbons (Fsp3) is 0.533. The van der Waals surface area contributed by atoms with Gasteiger partial charge in [0.15, 0.2) is 0 Å². The van der Waals surface area contributed by atoms with Gasteiger partial charge >= 0.3 is 0 Å². The number of carbonyl (C=O) groups excluding carboxylic acids is 2. The zero-order valence-corrected chi connectivity index (χ0v) is 14.0. The molecule has 2 amide bonds. The normalized spacial score (nSPS) is 17.5. The molecule has 0 spiro atoms. The molecule has 0 bridgehead atoms.